The maximum atomic E-state index is 11.8. The Morgan fingerprint density at radius 1 is 1.24 bits per heavy atom. The molecule has 5 heteroatoms. The second kappa shape index (κ2) is 5.36. The Kier molecular flexibility index (Phi) is 3.39. The van der Waals surface area contributed by atoms with E-state index in [0.29, 0.717) is 12.0 Å². The zero-order valence-electron chi connectivity index (χ0n) is 11.6. The average molecular weight is 281 g/mol. The van der Waals surface area contributed by atoms with Crippen molar-refractivity contribution in [3.05, 3.63) is 59.9 Å². The number of nitrogens with zero attached hydrogens (tertiary/aromatic N) is 3. The first kappa shape index (κ1) is 13.3. The molecule has 0 saturated carbocycles. The predicted molar refractivity (Wildman–Crippen MR) is 78.8 cm³/mol. The maximum absolute atomic E-state index is 11.8. The first-order valence-corrected chi connectivity index (χ1v) is 6.73. The van der Waals surface area contributed by atoms with Crippen LogP contribution in [0, 0.1) is 0 Å². The monoisotopic (exact) mass is 281 g/mol. The minimum Gasteiger partial charge on any atom is -0.508 e. The van der Waals surface area contributed by atoms with E-state index in [1.165, 1.54) is 11.9 Å². The van der Waals surface area contributed by atoms with Crippen LogP contribution >= 0.6 is 0 Å². The largest absolute Gasteiger partial charge is 0.508 e. The number of hydrogen-bond donors (Lipinski definition) is 1. The summed E-state index contributed by atoms with van der Waals surface area (Å²) in [6, 6.07) is 12.3. The molecule has 1 atom stereocenters. The van der Waals surface area contributed by atoms with Crippen LogP contribution in [0.2, 0.25) is 0 Å². The van der Waals surface area contributed by atoms with Crippen molar-refractivity contribution in [2.45, 2.75) is 19.4 Å². The molecule has 0 radical (unpaired) electrons. The first-order valence-electron chi connectivity index (χ1n) is 6.73. The molecule has 0 fully saturated rings. The third kappa shape index (κ3) is 2.50. The van der Waals surface area contributed by atoms with Gasteiger partial charge < -0.3 is 5.11 Å². The lowest BCUT2D eigenvalue weighted by Gasteiger charge is -2.21. The lowest BCUT2D eigenvalue weighted by atomic mass is 9.99. The number of amides is 1. The normalized spacial score (nSPS) is 17.7. The molecule has 0 aliphatic carbocycles. The van der Waals surface area contributed by atoms with Gasteiger partial charge in [0.1, 0.15) is 5.75 Å². The number of aromatic hydroxyl groups is 1. The van der Waals surface area contributed by atoms with Crippen molar-refractivity contribution >= 4 is 11.6 Å². The number of phenols is 1. The van der Waals surface area contributed by atoms with E-state index < -0.39 is 0 Å². The van der Waals surface area contributed by atoms with Gasteiger partial charge in [-0.25, -0.2) is 5.01 Å². The van der Waals surface area contributed by atoms with Crippen LogP contribution in [0.4, 0.5) is 0 Å². The van der Waals surface area contributed by atoms with Crippen LogP contribution < -0.4 is 0 Å². The fourth-order valence-electron chi connectivity index (χ4n) is 2.50. The van der Waals surface area contributed by atoms with Crippen molar-refractivity contribution in [3.63, 3.8) is 0 Å². The number of phenolic OH excluding ortho intramolecular Hbond substituents is 1. The summed E-state index contributed by atoms with van der Waals surface area (Å²) in [5.41, 5.74) is 2.20. The zero-order chi connectivity index (χ0) is 14.8. The second-order valence-electron chi connectivity index (χ2n) is 4.90. The van der Waals surface area contributed by atoms with Gasteiger partial charge >= 0.3 is 0 Å². The smallest absolute Gasteiger partial charge is 0.240 e. The van der Waals surface area contributed by atoms with Crippen LogP contribution in [-0.4, -0.2) is 26.7 Å². The van der Waals surface area contributed by atoms with Crippen molar-refractivity contribution in [1.29, 1.82) is 0 Å². The fraction of sp³-hybridized carbons (Fsp3) is 0.188. The number of carbonyl (C=O) groups is 1. The Balaban J connectivity index is 1.98. The molecule has 0 unspecified atom stereocenters. The number of pyridine rings is 1. The molecular formula is C16H15N3O2. The van der Waals surface area contributed by atoms with E-state index in [-0.39, 0.29) is 17.7 Å². The van der Waals surface area contributed by atoms with Crippen molar-refractivity contribution in [3.8, 4) is 5.75 Å². The summed E-state index contributed by atoms with van der Waals surface area (Å²) in [4.78, 5) is 16.1. The highest BCUT2D eigenvalue weighted by Crippen LogP contribution is 2.36. The lowest BCUT2D eigenvalue weighted by molar-refractivity contribution is -0.130. The van der Waals surface area contributed by atoms with Gasteiger partial charge in [0.05, 0.1) is 17.4 Å². The van der Waals surface area contributed by atoms with E-state index in [4.69, 9.17) is 0 Å². The maximum Gasteiger partial charge on any atom is 0.240 e. The highest BCUT2D eigenvalue weighted by atomic mass is 16.3. The molecule has 5 nitrogen and oxygen atoms in total. The molecule has 21 heavy (non-hydrogen) atoms. The first-order chi connectivity index (χ1) is 10.2. The Bertz CT molecular complexity index is 698. The van der Waals surface area contributed by atoms with Crippen molar-refractivity contribution in [2.24, 2.45) is 5.10 Å². The summed E-state index contributed by atoms with van der Waals surface area (Å²) in [5, 5.41) is 15.8. The average Bonchev–Trinajstić information content (AvgIpc) is 2.94. The van der Waals surface area contributed by atoms with Gasteiger partial charge in [0.15, 0.2) is 0 Å². The van der Waals surface area contributed by atoms with E-state index in [1.54, 1.807) is 18.3 Å². The van der Waals surface area contributed by atoms with E-state index in [9.17, 15) is 9.90 Å². The molecule has 2 aromatic rings. The van der Waals surface area contributed by atoms with Gasteiger partial charge in [0.2, 0.25) is 5.91 Å². The Labute approximate surface area is 122 Å². The van der Waals surface area contributed by atoms with Gasteiger partial charge in [-0.15, -0.1) is 0 Å². The van der Waals surface area contributed by atoms with Gasteiger partial charge in [0, 0.05) is 25.1 Å². The summed E-state index contributed by atoms with van der Waals surface area (Å²) < 4.78 is 0. The standard InChI is InChI=1S/C16H15N3O2/c1-11(20)19-15(12-6-2-3-8-16(12)21)10-14(18-19)13-7-4-5-9-17-13/h2-9,15,21H,10H2,1H3/t15-/m0/s1. The van der Waals surface area contributed by atoms with Crippen molar-refractivity contribution in [1.82, 2.24) is 9.99 Å². The SMILES string of the molecule is CC(=O)N1N=C(c2ccccn2)C[C@H]1c1ccccc1O. The summed E-state index contributed by atoms with van der Waals surface area (Å²) >= 11 is 0. The van der Waals surface area contributed by atoms with Crippen LogP contribution in [0.5, 0.6) is 5.75 Å². The van der Waals surface area contributed by atoms with E-state index >= 15 is 0 Å². The number of para-hydroxylation sites is 1. The Hall–Kier alpha value is -2.69. The lowest BCUT2D eigenvalue weighted by Crippen LogP contribution is -2.24. The van der Waals surface area contributed by atoms with Crippen LogP contribution in [0.3, 0.4) is 0 Å². The molecule has 2 heterocycles. The second-order valence-corrected chi connectivity index (χ2v) is 4.90. The van der Waals surface area contributed by atoms with Crippen LogP contribution in [-0.2, 0) is 4.79 Å². The van der Waals surface area contributed by atoms with Gasteiger partial charge in [0.25, 0.3) is 0 Å². The number of carbonyl (C=O) groups excluding carboxylic acids is 1. The molecule has 1 aromatic carbocycles. The Morgan fingerprint density at radius 2 is 2.00 bits per heavy atom. The van der Waals surface area contributed by atoms with Crippen LogP contribution in [0.25, 0.3) is 0 Å². The molecule has 1 aliphatic rings. The third-order valence-corrected chi connectivity index (χ3v) is 3.49. The molecule has 1 aliphatic heterocycles. The van der Waals surface area contributed by atoms with Crippen LogP contribution in [0.15, 0.2) is 53.8 Å². The molecular weight excluding hydrogens is 266 g/mol. The van der Waals surface area contributed by atoms with Crippen molar-refractivity contribution in [2.75, 3.05) is 0 Å². The topological polar surface area (TPSA) is 65.8 Å². The third-order valence-electron chi connectivity index (χ3n) is 3.49. The van der Waals surface area contributed by atoms with E-state index in [1.807, 2.05) is 30.3 Å². The van der Waals surface area contributed by atoms with E-state index in [0.717, 1.165) is 11.4 Å². The van der Waals surface area contributed by atoms with E-state index in [2.05, 4.69) is 10.1 Å². The van der Waals surface area contributed by atoms with Gasteiger partial charge in [-0.1, -0.05) is 24.3 Å². The van der Waals surface area contributed by atoms with Crippen LogP contribution in [0.1, 0.15) is 30.6 Å². The number of aromatic nitrogens is 1. The summed E-state index contributed by atoms with van der Waals surface area (Å²) in [6.45, 7) is 1.47. The number of hydrazone groups is 1. The van der Waals surface area contributed by atoms with Gasteiger partial charge in [-0.3, -0.25) is 9.78 Å². The van der Waals surface area contributed by atoms with Gasteiger partial charge in [-0.05, 0) is 18.2 Å². The molecule has 106 valence electrons. The molecule has 0 spiro atoms. The highest BCUT2D eigenvalue weighted by Gasteiger charge is 2.33. The Morgan fingerprint density at radius 3 is 2.67 bits per heavy atom. The molecule has 1 aromatic heterocycles. The molecule has 1 amide bonds. The minimum absolute atomic E-state index is 0.158. The summed E-state index contributed by atoms with van der Waals surface area (Å²) in [5.74, 6) is 0.0143. The summed E-state index contributed by atoms with van der Waals surface area (Å²) in [6.07, 6.45) is 2.23. The zero-order valence-corrected chi connectivity index (χ0v) is 11.6. The molecule has 1 N–H and O–H groups in total. The number of hydrogen-bond acceptors (Lipinski definition) is 4. The number of rotatable bonds is 2. The molecule has 0 bridgehead atoms. The number of benzene rings is 1. The molecule has 3 rings (SSSR count). The predicted octanol–water partition coefficient (Wildman–Crippen LogP) is 2.48. The molecule has 0 saturated heterocycles. The van der Waals surface area contributed by atoms with Gasteiger partial charge in [-0.2, -0.15) is 5.10 Å². The minimum atomic E-state index is -0.291. The fourth-order valence-corrected chi connectivity index (χ4v) is 2.50. The summed E-state index contributed by atoms with van der Waals surface area (Å²) in [7, 11) is 0. The van der Waals surface area contributed by atoms with Crippen molar-refractivity contribution < 1.29 is 9.90 Å². The highest BCUT2D eigenvalue weighted by molar-refractivity contribution is 6.01. The quantitative estimate of drug-likeness (QED) is 0.919.